The summed E-state index contributed by atoms with van der Waals surface area (Å²) in [7, 11) is 0. The molecular formula is C8H18N4OS. The van der Waals surface area contributed by atoms with E-state index in [1.54, 1.807) is 11.8 Å². The Hall–Kier alpha value is -0.910. The Morgan fingerprint density at radius 3 is 2.71 bits per heavy atom. The number of thioether (sulfide) groups is 1. The highest BCUT2D eigenvalue weighted by Gasteiger charge is 2.06. The van der Waals surface area contributed by atoms with Gasteiger partial charge in [-0.25, -0.2) is 0 Å². The molecule has 14 heavy (non-hydrogen) atoms. The SMILES string of the molecule is CS[C@H](CCCNC(=N)N)NC(C)=O. The zero-order valence-corrected chi connectivity index (χ0v) is 9.41. The molecule has 5 N–H and O–H groups in total. The van der Waals surface area contributed by atoms with Gasteiger partial charge in [-0.15, -0.1) is 11.8 Å². The standard InChI is InChI=1S/C8H18N4OS/c1-6(13)12-7(14-2)4-3-5-11-8(9)10/h7H,3-5H2,1-2H3,(H,12,13)(H4,9,10,11)/t7-/m1/s1. The Balaban J connectivity index is 3.52. The van der Waals surface area contributed by atoms with Crippen molar-refractivity contribution in [2.45, 2.75) is 25.1 Å². The molecular weight excluding hydrogens is 200 g/mol. The summed E-state index contributed by atoms with van der Waals surface area (Å²) < 4.78 is 0. The summed E-state index contributed by atoms with van der Waals surface area (Å²) >= 11 is 1.61. The average molecular weight is 218 g/mol. The highest BCUT2D eigenvalue weighted by atomic mass is 32.2. The van der Waals surface area contributed by atoms with Gasteiger partial charge in [0, 0.05) is 13.5 Å². The number of rotatable bonds is 6. The van der Waals surface area contributed by atoms with Crippen LogP contribution in [0.15, 0.2) is 0 Å². The lowest BCUT2D eigenvalue weighted by molar-refractivity contribution is -0.119. The Bertz CT molecular complexity index is 198. The zero-order valence-electron chi connectivity index (χ0n) is 8.59. The Morgan fingerprint density at radius 1 is 1.64 bits per heavy atom. The number of hydrogen-bond acceptors (Lipinski definition) is 3. The second-order valence-corrected chi connectivity index (χ2v) is 3.95. The van der Waals surface area contributed by atoms with Crippen molar-refractivity contribution in [3.05, 3.63) is 0 Å². The number of hydrogen-bond donors (Lipinski definition) is 4. The zero-order chi connectivity index (χ0) is 11.0. The first-order chi connectivity index (χ1) is 6.56. The van der Waals surface area contributed by atoms with Crippen molar-refractivity contribution in [1.82, 2.24) is 10.6 Å². The smallest absolute Gasteiger partial charge is 0.217 e. The van der Waals surface area contributed by atoms with E-state index in [0.29, 0.717) is 6.54 Å². The normalized spacial score (nSPS) is 11.9. The van der Waals surface area contributed by atoms with Gasteiger partial charge < -0.3 is 16.4 Å². The molecule has 0 aliphatic heterocycles. The molecule has 0 fully saturated rings. The number of guanidine groups is 1. The van der Waals surface area contributed by atoms with Crippen LogP contribution in [0.25, 0.3) is 0 Å². The first-order valence-electron chi connectivity index (χ1n) is 4.44. The number of carbonyl (C=O) groups excluding carboxylic acids is 1. The van der Waals surface area contributed by atoms with Crippen molar-refractivity contribution in [3.8, 4) is 0 Å². The molecule has 82 valence electrons. The van der Waals surface area contributed by atoms with E-state index in [1.165, 1.54) is 6.92 Å². The third-order valence-corrected chi connectivity index (χ3v) is 2.53. The van der Waals surface area contributed by atoms with Gasteiger partial charge in [0.25, 0.3) is 0 Å². The lowest BCUT2D eigenvalue weighted by Crippen LogP contribution is -2.33. The van der Waals surface area contributed by atoms with Gasteiger partial charge in [-0.3, -0.25) is 10.2 Å². The number of nitrogens with two attached hydrogens (primary N) is 1. The van der Waals surface area contributed by atoms with Gasteiger partial charge in [-0.05, 0) is 19.1 Å². The van der Waals surface area contributed by atoms with Crippen molar-refractivity contribution in [2.75, 3.05) is 12.8 Å². The third-order valence-electron chi connectivity index (χ3n) is 1.61. The van der Waals surface area contributed by atoms with E-state index >= 15 is 0 Å². The maximum absolute atomic E-state index is 10.8. The predicted molar refractivity (Wildman–Crippen MR) is 60.3 cm³/mol. The molecule has 0 bridgehead atoms. The molecule has 0 aromatic carbocycles. The molecule has 0 spiro atoms. The second-order valence-electron chi connectivity index (χ2n) is 2.91. The summed E-state index contributed by atoms with van der Waals surface area (Å²) in [5.74, 6) is -0.0193. The van der Waals surface area contributed by atoms with E-state index in [0.717, 1.165) is 12.8 Å². The summed E-state index contributed by atoms with van der Waals surface area (Å²) in [6.07, 6.45) is 3.71. The van der Waals surface area contributed by atoms with Crippen LogP contribution in [0.1, 0.15) is 19.8 Å². The topological polar surface area (TPSA) is 91.0 Å². The van der Waals surface area contributed by atoms with Crippen LogP contribution in [-0.4, -0.2) is 30.0 Å². The molecule has 0 aromatic rings. The molecule has 0 rings (SSSR count). The van der Waals surface area contributed by atoms with Crippen LogP contribution in [0, 0.1) is 5.41 Å². The first-order valence-corrected chi connectivity index (χ1v) is 5.73. The van der Waals surface area contributed by atoms with Crippen LogP contribution in [0.5, 0.6) is 0 Å². The van der Waals surface area contributed by atoms with E-state index in [1.807, 2.05) is 6.26 Å². The van der Waals surface area contributed by atoms with Crippen LogP contribution in [0.3, 0.4) is 0 Å². The summed E-state index contributed by atoms with van der Waals surface area (Å²) in [5.41, 5.74) is 5.12. The van der Waals surface area contributed by atoms with Gasteiger partial charge in [0.1, 0.15) is 0 Å². The van der Waals surface area contributed by atoms with Crippen molar-refractivity contribution in [1.29, 1.82) is 5.41 Å². The minimum atomic E-state index is -0.0103. The minimum absolute atomic E-state index is 0.00905. The highest BCUT2D eigenvalue weighted by Crippen LogP contribution is 2.09. The van der Waals surface area contributed by atoms with Crippen LogP contribution < -0.4 is 16.4 Å². The van der Waals surface area contributed by atoms with Gasteiger partial charge in [-0.1, -0.05) is 0 Å². The van der Waals surface area contributed by atoms with Crippen molar-refractivity contribution < 1.29 is 4.79 Å². The molecule has 0 aliphatic carbocycles. The number of carbonyl (C=O) groups is 1. The predicted octanol–water partition coefficient (Wildman–Crippen LogP) is 0.0749. The molecule has 0 aliphatic rings. The molecule has 0 aromatic heterocycles. The van der Waals surface area contributed by atoms with E-state index < -0.39 is 0 Å². The Labute approximate surface area is 88.7 Å². The molecule has 1 amide bonds. The van der Waals surface area contributed by atoms with Crippen LogP contribution in [-0.2, 0) is 4.79 Å². The van der Waals surface area contributed by atoms with Gasteiger partial charge in [0.05, 0.1) is 5.37 Å². The van der Waals surface area contributed by atoms with E-state index in [9.17, 15) is 4.79 Å². The van der Waals surface area contributed by atoms with E-state index in [-0.39, 0.29) is 17.2 Å². The van der Waals surface area contributed by atoms with Crippen LogP contribution >= 0.6 is 11.8 Å². The van der Waals surface area contributed by atoms with E-state index in [2.05, 4.69) is 10.6 Å². The summed E-state index contributed by atoms with van der Waals surface area (Å²) in [5, 5.41) is 12.6. The Kier molecular flexibility index (Phi) is 7.00. The largest absolute Gasteiger partial charge is 0.370 e. The Morgan fingerprint density at radius 2 is 2.29 bits per heavy atom. The molecule has 0 unspecified atom stereocenters. The summed E-state index contributed by atoms with van der Waals surface area (Å²) in [6, 6.07) is 0. The summed E-state index contributed by atoms with van der Waals surface area (Å²) in [6.45, 7) is 2.18. The van der Waals surface area contributed by atoms with Crippen molar-refractivity contribution in [2.24, 2.45) is 5.73 Å². The lowest BCUT2D eigenvalue weighted by Gasteiger charge is -2.15. The van der Waals surface area contributed by atoms with Gasteiger partial charge >= 0.3 is 0 Å². The highest BCUT2D eigenvalue weighted by molar-refractivity contribution is 7.99. The molecule has 0 radical (unpaired) electrons. The average Bonchev–Trinajstić information content (AvgIpc) is 2.09. The molecule has 1 atom stereocenters. The molecule has 0 saturated carbocycles. The fourth-order valence-electron chi connectivity index (χ4n) is 0.986. The summed E-state index contributed by atoms with van der Waals surface area (Å²) in [4.78, 5) is 10.8. The maximum Gasteiger partial charge on any atom is 0.217 e. The number of amides is 1. The molecule has 5 nitrogen and oxygen atoms in total. The van der Waals surface area contributed by atoms with Gasteiger partial charge in [0.15, 0.2) is 5.96 Å². The second kappa shape index (κ2) is 7.49. The monoisotopic (exact) mass is 218 g/mol. The van der Waals surface area contributed by atoms with Gasteiger partial charge in [0.2, 0.25) is 5.91 Å². The van der Waals surface area contributed by atoms with Crippen LogP contribution in [0.4, 0.5) is 0 Å². The molecule has 6 heteroatoms. The number of nitrogens with one attached hydrogen (secondary N) is 3. The molecule has 0 heterocycles. The minimum Gasteiger partial charge on any atom is -0.370 e. The van der Waals surface area contributed by atoms with Crippen molar-refractivity contribution >= 4 is 23.6 Å². The third kappa shape index (κ3) is 7.72. The fourth-order valence-corrected chi connectivity index (χ4v) is 1.67. The van der Waals surface area contributed by atoms with E-state index in [4.69, 9.17) is 11.1 Å². The first kappa shape index (κ1) is 13.1. The maximum atomic E-state index is 10.8. The quantitative estimate of drug-likeness (QED) is 0.220. The van der Waals surface area contributed by atoms with Crippen molar-refractivity contribution in [3.63, 3.8) is 0 Å². The fraction of sp³-hybridized carbons (Fsp3) is 0.750. The van der Waals surface area contributed by atoms with Crippen LogP contribution in [0.2, 0.25) is 0 Å². The molecule has 0 saturated heterocycles. The lowest BCUT2D eigenvalue weighted by atomic mass is 10.3. The van der Waals surface area contributed by atoms with Gasteiger partial charge in [-0.2, -0.15) is 0 Å².